The number of aromatic amines is 1. The smallest absolute Gasteiger partial charge is 0.158 e. The fraction of sp³-hybridized carbons (Fsp3) is 0.591. The molecule has 0 spiro atoms. The normalized spacial score (nSPS) is 16.5. The number of rotatable bonds is 6. The first-order valence-electron chi connectivity index (χ1n) is 10.8. The van der Waals surface area contributed by atoms with E-state index in [1.165, 1.54) is 31.5 Å². The van der Waals surface area contributed by atoms with Crippen molar-refractivity contribution < 1.29 is 0 Å². The van der Waals surface area contributed by atoms with E-state index in [2.05, 4.69) is 66.1 Å². The van der Waals surface area contributed by atoms with E-state index >= 15 is 0 Å². The summed E-state index contributed by atoms with van der Waals surface area (Å²) in [4.78, 5) is 6.89. The van der Waals surface area contributed by atoms with Crippen molar-refractivity contribution in [3.63, 3.8) is 0 Å². The Bertz CT molecular complexity index is 961. The van der Waals surface area contributed by atoms with Crippen LogP contribution in [0.2, 0.25) is 0 Å². The summed E-state index contributed by atoms with van der Waals surface area (Å²) < 4.78 is 1.84. The molecule has 4 rings (SSSR count). The van der Waals surface area contributed by atoms with Gasteiger partial charge in [-0.05, 0) is 64.3 Å². The van der Waals surface area contributed by atoms with Crippen molar-refractivity contribution in [3.8, 4) is 11.3 Å². The lowest BCUT2D eigenvalue weighted by atomic mass is 9.96. The maximum Gasteiger partial charge on any atom is 0.158 e. The Labute approximate surface area is 172 Å². The molecule has 7 nitrogen and oxygen atoms in total. The SMILES string of the molecule is Cc1cc(-c2[nH]nc(CNC3CCN(C(C)C)CC3)c2C(C)C)cn2ncnc12. The molecule has 0 aromatic carbocycles. The third kappa shape index (κ3) is 4.07. The minimum Gasteiger partial charge on any atom is -0.308 e. The number of nitrogens with one attached hydrogen (secondary N) is 2. The summed E-state index contributed by atoms with van der Waals surface area (Å²) in [6.07, 6.45) is 6.04. The quantitative estimate of drug-likeness (QED) is 0.668. The van der Waals surface area contributed by atoms with Gasteiger partial charge >= 0.3 is 0 Å². The molecule has 3 aromatic heterocycles. The third-order valence-electron chi connectivity index (χ3n) is 6.13. The standard InChI is InChI=1S/C22H33N7/c1-14(2)20-19(11-23-18-6-8-28(9-7-18)15(3)4)26-27-21(20)17-10-16(5)22-24-13-25-29(22)12-17/h10,12-15,18,23H,6-9,11H2,1-5H3,(H,26,27). The lowest BCUT2D eigenvalue weighted by Gasteiger charge is -2.35. The van der Waals surface area contributed by atoms with Gasteiger partial charge in [-0.2, -0.15) is 10.2 Å². The van der Waals surface area contributed by atoms with Gasteiger partial charge in [0.2, 0.25) is 0 Å². The molecule has 156 valence electrons. The number of piperidine rings is 1. The van der Waals surface area contributed by atoms with Crippen LogP contribution < -0.4 is 5.32 Å². The lowest BCUT2D eigenvalue weighted by molar-refractivity contribution is 0.160. The van der Waals surface area contributed by atoms with Crippen molar-refractivity contribution in [2.45, 2.75) is 72.0 Å². The molecule has 0 atom stereocenters. The van der Waals surface area contributed by atoms with Gasteiger partial charge in [0.1, 0.15) is 6.33 Å². The van der Waals surface area contributed by atoms with Crippen molar-refractivity contribution in [3.05, 3.63) is 35.4 Å². The molecule has 1 aliphatic rings. The summed E-state index contributed by atoms with van der Waals surface area (Å²) >= 11 is 0. The molecule has 4 heterocycles. The van der Waals surface area contributed by atoms with Crippen molar-refractivity contribution in [2.75, 3.05) is 13.1 Å². The van der Waals surface area contributed by atoms with Crippen molar-refractivity contribution in [1.29, 1.82) is 0 Å². The number of aryl methyl sites for hydroxylation is 1. The summed E-state index contributed by atoms with van der Waals surface area (Å²) in [6.45, 7) is 14.3. The highest BCUT2D eigenvalue weighted by Gasteiger charge is 2.23. The van der Waals surface area contributed by atoms with Crippen LogP contribution in [-0.2, 0) is 6.54 Å². The molecule has 1 saturated heterocycles. The van der Waals surface area contributed by atoms with Crippen LogP contribution in [0.3, 0.4) is 0 Å². The first-order valence-corrected chi connectivity index (χ1v) is 10.8. The van der Waals surface area contributed by atoms with Crippen LogP contribution in [0.25, 0.3) is 16.9 Å². The largest absolute Gasteiger partial charge is 0.308 e. The molecule has 7 heteroatoms. The van der Waals surface area contributed by atoms with E-state index in [9.17, 15) is 0 Å². The van der Waals surface area contributed by atoms with Crippen LogP contribution in [0.5, 0.6) is 0 Å². The number of hydrogen-bond acceptors (Lipinski definition) is 5. The number of H-pyrrole nitrogens is 1. The second-order valence-corrected chi connectivity index (χ2v) is 8.84. The van der Waals surface area contributed by atoms with Gasteiger partial charge in [-0.1, -0.05) is 13.8 Å². The highest BCUT2D eigenvalue weighted by molar-refractivity contribution is 5.67. The van der Waals surface area contributed by atoms with E-state index in [-0.39, 0.29) is 0 Å². The Kier molecular flexibility index (Phi) is 5.69. The Morgan fingerprint density at radius 3 is 2.66 bits per heavy atom. The molecular formula is C22H33N7. The number of likely N-dealkylation sites (tertiary alicyclic amines) is 1. The van der Waals surface area contributed by atoms with Gasteiger partial charge < -0.3 is 10.2 Å². The van der Waals surface area contributed by atoms with Gasteiger partial charge in [-0.25, -0.2) is 9.50 Å². The van der Waals surface area contributed by atoms with Crippen LogP contribution in [0.1, 0.15) is 63.3 Å². The van der Waals surface area contributed by atoms with E-state index < -0.39 is 0 Å². The predicted octanol–water partition coefficient (Wildman–Crippen LogP) is 3.51. The highest BCUT2D eigenvalue weighted by atomic mass is 15.3. The Hall–Kier alpha value is -2.25. The lowest BCUT2D eigenvalue weighted by Crippen LogP contribution is -2.44. The maximum absolute atomic E-state index is 4.70. The summed E-state index contributed by atoms with van der Waals surface area (Å²) in [7, 11) is 0. The molecule has 1 aliphatic heterocycles. The van der Waals surface area contributed by atoms with Crippen LogP contribution in [0.4, 0.5) is 0 Å². The van der Waals surface area contributed by atoms with Crippen LogP contribution in [-0.4, -0.2) is 54.9 Å². The maximum atomic E-state index is 4.70. The average molecular weight is 396 g/mol. The van der Waals surface area contributed by atoms with Gasteiger partial charge in [-0.3, -0.25) is 5.10 Å². The number of fused-ring (bicyclic) bond motifs is 1. The fourth-order valence-corrected chi connectivity index (χ4v) is 4.46. The third-order valence-corrected chi connectivity index (χ3v) is 6.13. The summed E-state index contributed by atoms with van der Waals surface area (Å²) in [5.74, 6) is 0.384. The van der Waals surface area contributed by atoms with Crippen molar-refractivity contribution in [2.24, 2.45) is 0 Å². The minimum atomic E-state index is 0.384. The Morgan fingerprint density at radius 2 is 1.97 bits per heavy atom. The van der Waals surface area contributed by atoms with E-state index in [1.807, 2.05) is 10.7 Å². The van der Waals surface area contributed by atoms with Gasteiger partial charge in [0.05, 0.1) is 11.4 Å². The van der Waals surface area contributed by atoms with E-state index in [4.69, 9.17) is 5.10 Å². The van der Waals surface area contributed by atoms with Crippen molar-refractivity contribution >= 4 is 5.65 Å². The second-order valence-electron chi connectivity index (χ2n) is 8.84. The number of hydrogen-bond donors (Lipinski definition) is 2. The summed E-state index contributed by atoms with van der Waals surface area (Å²) in [5.41, 5.74) is 6.61. The van der Waals surface area contributed by atoms with Gasteiger partial charge in [0.15, 0.2) is 5.65 Å². The minimum absolute atomic E-state index is 0.384. The predicted molar refractivity (Wildman–Crippen MR) is 116 cm³/mol. The topological polar surface area (TPSA) is 74.1 Å². The van der Waals surface area contributed by atoms with Crippen LogP contribution >= 0.6 is 0 Å². The zero-order valence-electron chi connectivity index (χ0n) is 18.2. The van der Waals surface area contributed by atoms with Gasteiger partial charge in [0.25, 0.3) is 0 Å². The second kappa shape index (κ2) is 8.24. The molecule has 0 aliphatic carbocycles. The zero-order chi connectivity index (χ0) is 20.5. The van der Waals surface area contributed by atoms with E-state index in [1.54, 1.807) is 6.33 Å². The first-order chi connectivity index (χ1) is 13.9. The molecule has 0 unspecified atom stereocenters. The Balaban J connectivity index is 1.52. The number of pyridine rings is 1. The zero-order valence-corrected chi connectivity index (χ0v) is 18.2. The Morgan fingerprint density at radius 1 is 1.21 bits per heavy atom. The van der Waals surface area contributed by atoms with Crippen LogP contribution in [0.15, 0.2) is 18.6 Å². The molecular weight excluding hydrogens is 362 g/mol. The number of aromatic nitrogens is 5. The molecule has 29 heavy (non-hydrogen) atoms. The van der Waals surface area contributed by atoms with E-state index in [0.29, 0.717) is 18.0 Å². The van der Waals surface area contributed by atoms with Gasteiger partial charge in [-0.15, -0.1) is 0 Å². The average Bonchev–Trinajstić information content (AvgIpc) is 3.33. The summed E-state index contributed by atoms with van der Waals surface area (Å²) in [5, 5.41) is 16.1. The van der Waals surface area contributed by atoms with Crippen molar-refractivity contribution in [1.82, 2.24) is 35.0 Å². The highest BCUT2D eigenvalue weighted by Crippen LogP contribution is 2.31. The van der Waals surface area contributed by atoms with E-state index in [0.717, 1.165) is 34.7 Å². The van der Waals surface area contributed by atoms with Crippen LogP contribution in [0, 0.1) is 6.92 Å². The fourth-order valence-electron chi connectivity index (χ4n) is 4.46. The molecule has 3 aromatic rings. The first kappa shape index (κ1) is 20.0. The molecule has 0 saturated carbocycles. The number of nitrogens with zero attached hydrogens (tertiary/aromatic N) is 5. The molecule has 0 radical (unpaired) electrons. The monoisotopic (exact) mass is 395 g/mol. The van der Waals surface area contributed by atoms with Gasteiger partial charge in [0, 0.05) is 36.0 Å². The summed E-state index contributed by atoms with van der Waals surface area (Å²) in [6, 6.07) is 3.38. The molecule has 2 N–H and O–H groups in total. The molecule has 0 amide bonds. The molecule has 0 bridgehead atoms. The molecule has 1 fully saturated rings.